The molecule has 150 valence electrons. The first kappa shape index (κ1) is 19.2. The van der Waals surface area contributed by atoms with Crippen molar-refractivity contribution in [3.63, 3.8) is 0 Å². The number of carbonyl (C=O) groups is 1. The normalized spacial score (nSPS) is 19.8. The first-order chi connectivity index (χ1) is 13.7. The summed E-state index contributed by atoms with van der Waals surface area (Å²) in [4.78, 5) is 26.3. The number of piperazine rings is 1. The van der Waals surface area contributed by atoms with Crippen molar-refractivity contribution in [2.75, 3.05) is 32.7 Å². The molecular weight excluding hydrogens is 352 g/mol. The Bertz CT molecular complexity index is 775. The van der Waals surface area contributed by atoms with E-state index in [1.54, 1.807) is 29.3 Å². The number of hydrogen-bond acceptors (Lipinski definition) is 6. The average Bonchev–Trinajstić information content (AvgIpc) is 3.15. The van der Waals surface area contributed by atoms with Gasteiger partial charge in [-0.25, -0.2) is 14.6 Å². The fraction of sp³-hybridized carbons (Fsp3) is 0.619. The molecule has 1 aliphatic carbocycles. The molecule has 3 heterocycles. The van der Waals surface area contributed by atoms with Gasteiger partial charge in [0.05, 0.1) is 17.5 Å². The largest absolute Gasteiger partial charge is 0.300 e. The van der Waals surface area contributed by atoms with Crippen LogP contribution in [-0.4, -0.2) is 74.1 Å². The van der Waals surface area contributed by atoms with E-state index in [-0.39, 0.29) is 5.78 Å². The van der Waals surface area contributed by atoms with Crippen molar-refractivity contribution in [2.45, 2.75) is 51.5 Å². The summed E-state index contributed by atoms with van der Waals surface area (Å²) in [6, 6.07) is 2.56. The lowest BCUT2D eigenvalue weighted by molar-refractivity contribution is 0.0744. The van der Waals surface area contributed by atoms with Crippen molar-refractivity contribution in [3.8, 4) is 5.95 Å². The van der Waals surface area contributed by atoms with Crippen molar-refractivity contribution in [1.29, 1.82) is 0 Å². The van der Waals surface area contributed by atoms with Gasteiger partial charge in [-0.15, -0.1) is 0 Å². The highest BCUT2D eigenvalue weighted by Crippen LogP contribution is 2.23. The van der Waals surface area contributed by atoms with Crippen molar-refractivity contribution >= 4 is 5.78 Å². The van der Waals surface area contributed by atoms with Gasteiger partial charge in [0.1, 0.15) is 0 Å². The lowest BCUT2D eigenvalue weighted by atomic mass is 9.94. The van der Waals surface area contributed by atoms with Gasteiger partial charge in [-0.1, -0.05) is 19.3 Å². The SMILES string of the molecule is Cc1c(C(=O)CCN2CCN(C3CCCCC3)CC2)cnn1-c1ncccn1. The molecule has 28 heavy (non-hydrogen) atoms. The van der Waals surface area contributed by atoms with Crippen LogP contribution in [0.3, 0.4) is 0 Å². The van der Waals surface area contributed by atoms with E-state index in [0.29, 0.717) is 17.9 Å². The number of aromatic nitrogens is 4. The molecule has 0 radical (unpaired) electrons. The topological polar surface area (TPSA) is 67.2 Å². The maximum Gasteiger partial charge on any atom is 0.250 e. The Morgan fingerprint density at radius 1 is 1.07 bits per heavy atom. The van der Waals surface area contributed by atoms with E-state index < -0.39 is 0 Å². The first-order valence-corrected chi connectivity index (χ1v) is 10.5. The smallest absolute Gasteiger partial charge is 0.250 e. The molecule has 1 saturated heterocycles. The molecule has 0 spiro atoms. The summed E-state index contributed by atoms with van der Waals surface area (Å²) < 4.78 is 1.64. The molecule has 0 unspecified atom stereocenters. The van der Waals surface area contributed by atoms with Crippen LogP contribution in [0.15, 0.2) is 24.7 Å². The molecule has 2 aromatic rings. The van der Waals surface area contributed by atoms with Gasteiger partial charge in [0.15, 0.2) is 5.78 Å². The Kier molecular flexibility index (Phi) is 6.12. The highest BCUT2D eigenvalue weighted by Gasteiger charge is 2.25. The Labute approximate surface area is 166 Å². The fourth-order valence-electron chi connectivity index (χ4n) is 4.48. The third-order valence-electron chi connectivity index (χ3n) is 6.20. The third kappa shape index (κ3) is 4.31. The lowest BCUT2D eigenvalue weighted by Gasteiger charge is -2.40. The van der Waals surface area contributed by atoms with Gasteiger partial charge in [0.25, 0.3) is 5.95 Å². The molecule has 0 N–H and O–H groups in total. The molecule has 0 bridgehead atoms. The highest BCUT2D eigenvalue weighted by molar-refractivity contribution is 5.97. The van der Waals surface area contributed by atoms with Crippen LogP contribution in [-0.2, 0) is 0 Å². The summed E-state index contributed by atoms with van der Waals surface area (Å²) in [6.45, 7) is 7.14. The van der Waals surface area contributed by atoms with E-state index in [9.17, 15) is 4.79 Å². The van der Waals surface area contributed by atoms with Crippen LogP contribution in [0.25, 0.3) is 5.95 Å². The van der Waals surface area contributed by atoms with Gasteiger partial charge >= 0.3 is 0 Å². The molecule has 0 amide bonds. The molecule has 0 aromatic carbocycles. The fourth-order valence-corrected chi connectivity index (χ4v) is 4.48. The molecule has 1 aliphatic heterocycles. The van der Waals surface area contributed by atoms with E-state index in [0.717, 1.165) is 44.5 Å². The second-order valence-corrected chi connectivity index (χ2v) is 7.95. The standard InChI is InChI=1S/C21H30N6O/c1-17-19(16-24-27(17)21-22-9-5-10-23-21)20(28)8-11-25-12-14-26(15-13-25)18-6-3-2-4-7-18/h5,9-10,16,18H,2-4,6-8,11-15H2,1H3. The van der Waals surface area contributed by atoms with Gasteiger partial charge < -0.3 is 4.90 Å². The van der Waals surface area contributed by atoms with Crippen LogP contribution >= 0.6 is 0 Å². The maximum absolute atomic E-state index is 12.7. The minimum Gasteiger partial charge on any atom is -0.300 e. The second-order valence-electron chi connectivity index (χ2n) is 7.95. The number of carbonyl (C=O) groups excluding carboxylic acids is 1. The van der Waals surface area contributed by atoms with Crippen LogP contribution in [0.4, 0.5) is 0 Å². The van der Waals surface area contributed by atoms with Crippen LogP contribution in [0.2, 0.25) is 0 Å². The van der Waals surface area contributed by atoms with Gasteiger partial charge in [-0.05, 0) is 25.8 Å². The van der Waals surface area contributed by atoms with Crippen molar-refractivity contribution < 1.29 is 4.79 Å². The predicted octanol–water partition coefficient (Wildman–Crippen LogP) is 2.49. The second kappa shape index (κ2) is 8.92. The number of ketones is 1. The Hall–Kier alpha value is -2.12. The minimum atomic E-state index is 0.148. The van der Waals surface area contributed by atoms with E-state index in [4.69, 9.17) is 0 Å². The zero-order valence-corrected chi connectivity index (χ0v) is 16.8. The van der Waals surface area contributed by atoms with Crippen molar-refractivity contribution in [1.82, 2.24) is 29.5 Å². The summed E-state index contributed by atoms with van der Waals surface area (Å²) >= 11 is 0. The van der Waals surface area contributed by atoms with E-state index in [2.05, 4.69) is 24.9 Å². The van der Waals surface area contributed by atoms with Gasteiger partial charge in [-0.3, -0.25) is 9.69 Å². The number of nitrogens with zero attached hydrogens (tertiary/aromatic N) is 6. The summed E-state index contributed by atoms with van der Waals surface area (Å²) in [6.07, 6.45) is 12.5. The van der Waals surface area contributed by atoms with E-state index in [1.165, 1.54) is 32.1 Å². The molecule has 2 fully saturated rings. The van der Waals surface area contributed by atoms with Crippen molar-refractivity contribution in [3.05, 3.63) is 35.9 Å². The zero-order chi connectivity index (χ0) is 19.3. The van der Waals surface area contributed by atoms with E-state index >= 15 is 0 Å². The summed E-state index contributed by atoms with van der Waals surface area (Å²) in [5, 5.41) is 4.31. The Morgan fingerprint density at radius 2 is 1.79 bits per heavy atom. The molecule has 0 atom stereocenters. The predicted molar refractivity (Wildman–Crippen MR) is 108 cm³/mol. The summed E-state index contributed by atoms with van der Waals surface area (Å²) in [5.74, 6) is 0.646. The molecule has 2 aliphatic rings. The Balaban J connectivity index is 1.28. The number of rotatable bonds is 6. The minimum absolute atomic E-state index is 0.148. The first-order valence-electron chi connectivity index (χ1n) is 10.5. The van der Waals surface area contributed by atoms with Crippen molar-refractivity contribution in [2.24, 2.45) is 0 Å². The summed E-state index contributed by atoms with van der Waals surface area (Å²) in [7, 11) is 0. The van der Waals surface area contributed by atoms with Crippen LogP contribution in [0, 0.1) is 6.92 Å². The average molecular weight is 383 g/mol. The molecular formula is C21H30N6O. The van der Waals surface area contributed by atoms with Crippen LogP contribution in [0.1, 0.15) is 54.6 Å². The maximum atomic E-state index is 12.7. The van der Waals surface area contributed by atoms with Crippen LogP contribution in [0.5, 0.6) is 0 Å². The summed E-state index contributed by atoms with van der Waals surface area (Å²) in [5.41, 5.74) is 1.48. The van der Waals surface area contributed by atoms with Gasteiger partial charge in [0.2, 0.25) is 0 Å². The monoisotopic (exact) mass is 382 g/mol. The third-order valence-corrected chi connectivity index (χ3v) is 6.20. The zero-order valence-electron chi connectivity index (χ0n) is 16.8. The Morgan fingerprint density at radius 3 is 2.50 bits per heavy atom. The number of hydrogen-bond donors (Lipinski definition) is 0. The van der Waals surface area contributed by atoms with Gasteiger partial charge in [-0.2, -0.15) is 5.10 Å². The van der Waals surface area contributed by atoms with Crippen LogP contribution < -0.4 is 0 Å². The van der Waals surface area contributed by atoms with Gasteiger partial charge in [0, 0.05) is 57.6 Å². The molecule has 2 aromatic heterocycles. The quantitative estimate of drug-likeness (QED) is 0.715. The lowest BCUT2D eigenvalue weighted by Crippen LogP contribution is -2.51. The number of Topliss-reactive ketones (excluding diaryl/α,β-unsaturated/α-hetero) is 1. The molecule has 7 heteroatoms. The van der Waals surface area contributed by atoms with E-state index in [1.807, 2.05) is 6.92 Å². The molecule has 1 saturated carbocycles. The molecule has 4 rings (SSSR count). The molecule has 7 nitrogen and oxygen atoms in total. The highest BCUT2D eigenvalue weighted by atomic mass is 16.1.